The third-order valence-corrected chi connectivity index (χ3v) is 2.18. The van der Waals surface area contributed by atoms with Crippen LogP contribution >= 0.6 is 15.9 Å². The van der Waals surface area contributed by atoms with Gasteiger partial charge in [-0.15, -0.1) is 0 Å². The molecule has 1 amide bonds. The number of amides is 1. The minimum absolute atomic E-state index is 0.185. The van der Waals surface area contributed by atoms with E-state index in [1.54, 1.807) is 6.92 Å². The van der Waals surface area contributed by atoms with Gasteiger partial charge in [0.15, 0.2) is 0 Å². The summed E-state index contributed by atoms with van der Waals surface area (Å²) < 4.78 is 0.948. The van der Waals surface area contributed by atoms with E-state index in [1.807, 2.05) is 24.3 Å². The topological polar surface area (TPSA) is 49.3 Å². The van der Waals surface area contributed by atoms with Gasteiger partial charge >= 0.3 is 6.09 Å². The van der Waals surface area contributed by atoms with Gasteiger partial charge in [-0.1, -0.05) is 28.1 Å². The normalized spacial score (nSPS) is 12.2. The maximum Gasteiger partial charge on any atom is 0.405 e. The first-order chi connectivity index (χ1) is 6.09. The van der Waals surface area contributed by atoms with Crippen molar-refractivity contribution in [3.05, 3.63) is 34.3 Å². The molecule has 0 radical (unpaired) electrons. The molecule has 0 fully saturated rings. The Morgan fingerprint density at radius 3 is 2.85 bits per heavy atom. The highest BCUT2D eigenvalue weighted by molar-refractivity contribution is 9.10. The van der Waals surface area contributed by atoms with Crippen molar-refractivity contribution in [3.8, 4) is 0 Å². The number of carbonyl (C=O) groups is 1. The first-order valence-corrected chi connectivity index (χ1v) is 4.64. The molecule has 1 rings (SSSR count). The lowest BCUT2D eigenvalue weighted by atomic mass is 10.1. The minimum atomic E-state index is -1.01. The molecule has 0 heterocycles. The highest BCUT2D eigenvalue weighted by atomic mass is 79.9. The van der Waals surface area contributed by atoms with Gasteiger partial charge in [0.2, 0.25) is 0 Å². The molecule has 1 atom stereocenters. The second-order valence-electron chi connectivity index (χ2n) is 2.73. The maximum atomic E-state index is 10.3. The smallest absolute Gasteiger partial charge is 0.405 e. The Hall–Kier alpha value is -1.03. The van der Waals surface area contributed by atoms with E-state index in [0.29, 0.717) is 0 Å². The van der Waals surface area contributed by atoms with Gasteiger partial charge in [0.05, 0.1) is 6.04 Å². The Morgan fingerprint density at radius 1 is 1.62 bits per heavy atom. The molecule has 3 nitrogen and oxygen atoms in total. The standard InChI is InChI=1S/C9H10BrNO2/c1-6(11-9(12)13)7-3-2-4-8(10)5-7/h2-6,11H,1H3,(H,12,13)/t6-/m0/s1. The monoisotopic (exact) mass is 243 g/mol. The number of benzene rings is 1. The van der Waals surface area contributed by atoms with Crippen molar-refractivity contribution in [1.82, 2.24) is 5.32 Å². The lowest BCUT2D eigenvalue weighted by Crippen LogP contribution is -2.24. The summed E-state index contributed by atoms with van der Waals surface area (Å²) in [4.78, 5) is 10.3. The first-order valence-electron chi connectivity index (χ1n) is 3.84. The quantitative estimate of drug-likeness (QED) is 0.840. The van der Waals surface area contributed by atoms with Gasteiger partial charge in [-0.2, -0.15) is 0 Å². The van der Waals surface area contributed by atoms with Crippen LogP contribution in [-0.4, -0.2) is 11.2 Å². The molecule has 0 aliphatic heterocycles. The molecule has 1 aromatic carbocycles. The van der Waals surface area contributed by atoms with Crippen molar-refractivity contribution in [2.24, 2.45) is 0 Å². The molecule has 0 aliphatic carbocycles. The van der Waals surface area contributed by atoms with E-state index in [1.165, 1.54) is 0 Å². The molecule has 70 valence electrons. The highest BCUT2D eigenvalue weighted by Crippen LogP contribution is 2.17. The average molecular weight is 244 g/mol. The van der Waals surface area contributed by atoms with E-state index in [9.17, 15) is 4.79 Å². The van der Waals surface area contributed by atoms with Crippen LogP contribution in [0, 0.1) is 0 Å². The van der Waals surface area contributed by atoms with Crippen molar-refractivity contribution >= 4 is 22.0 Å². The van der Waals surface area contributed by atoms with Gasteiger partial charge in [0.25, 0.3) is 0 Å². The van der Waals surface area contributed by atoms with Gasteiger partial charge in [0, 0.05) is 4.47 Å². The summed E-state index contributed by atoms with van der Waals surface area (Å²) in [7, 11) is 0. The molecule has 0 aromatic heterocycles. The average Bonchev–Trinajstić information content (AvgIpc) is 2.03. The van der Waals surface area contributed by atoms with Crippen molar-refractivity contribution in [2.75, 3.05) is 0 Å². The first kappa shape index (κ1) is 10.1. The molecular formula is C9H10BrNO2. The molecule has 1 aromatic rings. The second-order valence-corrected chi connectivity index (χ2v) is 3.64. The molecule has 0 saturated carbocycles. The largest absolute Gasteiger partial charge is 0.465 e. The molecule has 4 heteroatoms. The maximum absolute atomic E-state index is 10.3. The lowest BCUT2D eigenvalue weighted by molar-refractivity contribution is 0.191. The van der Waals surface area contributed by atoms with Crippen LogP contribution in [0.1, 0.15) is 18.5 Å². The van der Waals surface area contributed by atoms with E-state index in [2.05, 4.69) is 21.2 Å². The predicted molar refractivity (Wildman–Crippen MR) is 53.7 cm³/mol. The Bertz CT molecular complexity index is 314. The summed E-state index contributed by atoms with van der Waals surface area (Å²) in [5, 5.41) is 10.9. The zero-order valence-corrected chi connectivity index (χ0v) is 8.71. The Labute approximate surface area is 84.9 Å². The van der Waals surface area contributed by atoms with Crippen LogP contribution in [0.4, 0.5) is 4.79 Å². The number of nitrogens with one attached hydrogen (secondary N) is 1. The van der Waals surface area contributed by atoms with Crippen molar-refractivity contribution < 1.29 is 9.90 Å². The zero-order chi connectivity index (χ0) is 9.84. The molecular weight excluding hydrogens is 234 g/mol. The third kappa shape index (κ3) is 3.06. The molecule has 0 unspecified atom stereocenters. The van der Waals surface area contributed by atoms with Gasteiger partial charge < -0.3 is 10.4 Å². The van der Waals surface area contributed by atoms with Gasteiger partial charge in [0.1, 0.15) is 0 Å². The van der Waals surface area contributed by atoms with E-state index in [-0.39, 0.29) is 6.04 Å². The van der Waals surface area contributed by atoms with Crippen LogP contribution in [-0.2, 0) is 0 Å². The van der Waals surface area contributed by atoms with Crippen LogP contribution < -0.4 is 5.32 Å². The number of halogens is 1. The summed E-state index contributed by atoms with van der Waals surface area (Å²) in [5.74, 6) is 0. The van der Waals surface area contributed by atoms with Crippen LogP contribution in [0.2, 0.25) is 0 Å². The SMILES string of the molecule is C[C@H](NC(=O)O)c1cccc(Br)c1. The molecule has 0 aliphatic rings. The van der Waals surface area contributed by atoms with Crippen molar-refractivity contribution in [1.29, 1.82) is 0 Å². The minimum Gasteiger partial charge on any atom is -0.465 e. The van der Waals surface area contributed by atoms with Gasteiger partial charge in [-0.25, -0.2) is 4.79 Å². The number of hydrogen-bond donors (Lipinski definition) is 2. The fourth-order valence-electron chi connectivity index (χ4n) is 1.04. The van der Waals surface area contributed by atoms with Crippen LogP contribution in [0.15, 0.2) is 28.7 Å². The summed E-state index contributed by atoms with van der Waals surface area (Å²) in [6.07, 6.45) is -1.01. The summed E-state index contributed by atoms with van der Waals surface area (Å²) >= 11 is 3.32. The number of hydrogen-bond acceptors (Lipinski definition) is 1. The van der Waals surface area contributed by atoms with E-state index < -0.39 is 6.09 Å². The fraction of sp³-hybridized carbons (Fsp3) is 0.222. The van der Waals surface area contributed by atoms with Crippen LogP contribution in [0.5, 0.6) is 0 Å². The zero-order valence-electron chi connectivity index (χ0n) is 7.12. The molecule has 13 heavy (non-hydrogen) atoms. The summed E-state index contributed by atoms with van der Waals surface area (Å²) in [6, 6.07) is 7.36. The molecule has 0 bridgehead atoms. The van der Waals surface area contributed by atoms with E-state index in [0.717, 1.165) is 10.0 Å². The number of carboxylic acid groups (broad SMARTS) is 1. The van der Waals surface area contributed by atoms with E-state index in [4.69, 9.17) is 5.11 Å². The van der Waals surface area contributed by atoms with Crippen molar-refractivity contribution in [3.63, 3.8) is 0 Å². The molecule has 2 N–H and O–H groups in total. The third-order valence-electron chi connectivity index (χ3n) is 1.69. The second kappa shape index (κ2) is 4.28. The van der Waals surface area contributed by atoms with Crippen molar-refractivity contribution in [2.45, 2.75) is 13.0 Å². The lowest BCUT2D eigenvalue weighted by Gasteiger charge is -2.11. The Morgan fingerprint density at radius 2 is 2.31 bits per heavy atom. The van der Waals surface area contributed by atoms with Gasteiger partial charge in [-0.3, -0.25) is 0 Å². The van der Waals surface area contributed by atoms with E-state index >= 15 is 0 Å². The van der Waals surface area contributed by atoms with Gasteiger partial charge in [-0.05, 0) is 24.6 Å². The molecule has 0 spiro atoms. The predicted octanol–water partition coefficient (Wildman–Crippen LogP) is 2.78. The Kier molecular flexibility index (Phi) is 3.31. The Balaban J connectivity index is 2.76. The number of rotatable bonds is 2. The van der Waals surface area contributed by atoms with Crippen LogP contribution in [0.25, 0.3) is 0 Å². The summed E-state index contributed by atoms with van der Waals surface area (Å²) in [6.45, 7) is 1.80. The molecule has 0 saturated heterocycles. The summed E-state index contributed by atoms with van der Waals surface area (Å²) in [5.41, 5.74) is 0.941. The fourth-order valence-corrected chi connectivity index (χ4v) is 1.46. The van der Waals surface area contributed by atoms with Crippen LogP contribution in [0.3, 0.4) is 0 Å². The highest BCUT2D eigenvalue weighted by Gasteiger charge is 2.07.